The van der Waals surface area contributed by atoms with E-state index in [1.165, 1.54) is 6.26 Å². The van der Waals surface area contributed by atoms with E-state index < -0.39 is 0 Å². The minimum Gasteiger partial charge on any atom is -0.364 e. The number of anilines is 1. The van der Waals surface area contributed by atoms with E-state index in [9.17, 15) is 4.79 Å². The van der Waals surface area contributed by atoms with Gasteiger partial charge in [-0.2, -0.15) is 0 Å². The summed E-state index contributed by atoms with van der Waals surface area (Å²) in [7, 11) is 0. The predicted molar refractivity (Wildman–Crippen MR) is 80.5 cm³/mol. The van der Waals surface area contributed by atoms with Crippen molar-refractivity contribution in [3.63, 3.8) is 0 Å². The number of carbonyl (C=O) groups is 1. The minimum absolute atomic E-state index is 0.197. The number of aromatic nitrogens is 3. The van der Waals surface area contributed by atoms with Crippen molar-refractivity contribution in [1.29, 1.82) is 0 Å². The number of piperidine rings is 1. The van der Waals surface area contributed by atoms with Gasteiger partial charge >= 0.3 is 0 Å². The molecule has 7 nitrogen and oxygen atoms in total. The lowest BCUT2D eigenvalue weighted by atomic mass is 9.98. The van der Waals surface area contributed by atoms with E-state index >= 15 is 0 Å². The molecule has 0 saturated carbocycles. The first kappa shape index (κ1) is 14.5. The zero-order chi connectivity index (χ0) is 15.4. The second kappa shape index (κ2) is 6.55. The van der Waals surface area contributed by atoms with Gasteiger partial charge < -0.3 is 14.7 Å². The molecule has 0 spiro atoms. The fraction of sp³-hybridized carbons (Fsp3) is 0.467. The number of nitrogens with one attached hydrogen (secondary N) is 1. The molecular weight excluding hydrogens is 282 g/mol. The monoisotopic (exact) mass is 301 g/mol. The number of hydrogen-bond donors (Lipinski definition) is 1. The molecule has 116 valence electrons. The molecule has 1 saturated heterocycles. The Morgan fingerprint density at radius 2 is 2.41 bits per heavy atom. The van der Waals surface area contributed by atoms with Crippen LogP contribution in [0.25, 0.3) is 0 Å². The van der Waals surface area contributed by atoms with Crippen LogP contribution in [0.3, 0.4) is 0 Å². The molecule has 0 aromatic carbocycles. The molecule has 1 fully saturated rings. The highest BCUT2D eigenvalue weighted by Crippen LogP contribution is 2.19. The van der Waals surface area contributed by atoms with Crippen molar-refractivity contribution in [2.75, 3.05) is 24.5 Å². The molecule has 0 radical (unpaired) electrons. The van der Waals surface area contributed by atoms with Crippen LogP contribution in [0, 0.1) is 12.8 Å². The lowest BCUT2D eigenvalue weighted by molar-refractivity contribution is 0.0936. The molecule has 1 N–H and O–H groups in total. The first-order valence-corrected chi connectivity index (χ1v) is 7.45. The number of rotatable bonds is 4. The molecule has 1 aliphatic heterocycles. The van der Waals surface area contributed by atoms with Crippen LogP contribution in [0.2, 0.25) is 0 Å². The van der Waals surface area contributed by atoms with Crippen LogP contribution in [0.4, 0.5) is 5.95 Å². The average molecular weight is 301 g/mol. The van der Waals surface area contributed by atoms with Gasteiger partial charge in [-0.3, -0.25) is 4.79 Å². The molecule has 2 aromatic rings. The largest absolute Gasteiger partial charge is 0.364 e. The molecule has 3 heterocycles. The Balaban J connectivity index is 1.56. The molecule has 7 heteroatoms. The summed E-state index contributed by atoms with van der Waals surface area (Å²) in [6.45, 7) is 4.39. The van der Waals surface area contributed by atoms with Crippen molar-refractivity contribution >= 4 is 11.9 Å². The van der Waals surface area contributed by atoms with Gasteiger partial charge in [-0.05, 0) is 31.7 Å². The van der Waals surface area contributed by atoms with Gasteiger partial charge in [0.05, 0.1) is 0 Å². The zero-order valence-corrected chi connectivity index (χ0v) is 12.5. The molecule has 1 atom stereocenters. The Bertz CT molecular complexity index is 629. The third-order valence-electron chi connectivity index (χ3n) is 3.81. The minimum atomic E-state index is -0.197. The number of hydrogen-bond acceptors (Lipinski definition) is 6. The smallest absolute Gasteiger partial charge is 0.273 e. The number of aryl methyl sites for hydroxylation is 1. The summed E-state index contributed by atoms with van der Waals surface area (Å²) in [5.74, 6) is 0.957. The van der Waals surface area contributed by atoms with Crippen molar-refractivity contribution in [2.45, 2.75) is 19.8 Å². The van der Waals surface area contributed by atoms with Crippen molar-refractivity contribution in [1.82, 2.24) is 20.4 Å². The van der Waals surface area contributed by atoms with Crippen LogP contribution in [0.5, 0.6) is 0 Å². The van der Waals surface area contributed by atoms with E-state index in [2.05, 4.69) is 29.9 Å². The molecule has 22 heavy (non-hydrogen) atoms. The predicted octanol–water partition coefficient (Wildman–Crippen LogP) is 1.42. The van der Waals surface area contributed by atoms with E-state index in [1.807, 2.05) is 13.0 Å². The van der Waals surface area contributed by atoms with Gasteiger partial charge in [0.2, 0.25) is 5.95 Å². The van der Waals surface area contributed by atoms with Crippen molar-refractivity contribution in [3.8, 4) is 0 Å². The molecule has 0 aliphatic carbocycles. The third-order valence-corrected chi connectivity index (χ3v) is 3.81. The van der Waals surface area contributed by atoms with Crippen LogP contribution >= 0.6 is 0 Å². The summed E-state index contributed by atoms with van der Waals surface area (Å²) in [5.41, 5.74) is 1.28. The van der Waals surface area contributed by atoms with E-state index in [0.29, 0.717) is 18.2 Å². The highest BCUT2D eigenvalue weighted by Gasteiger charge is 2.22. The van der Waals surface area contributed by atoms with E-state index in [-0.39, 0.29) is 5.91 Å². The van der Waals surface area contributed by atoms with Crippen LogP contribution in [0.1, 0.15) is 29.0 Å². The fourth-order valence-corrected chi connectivity index (χ4v) is 2.66. The zero-order valence-electron chi connectivity index (χ0n) is 12.5. The topological polar surface area (TPSA) is 84.2 Å². The summed E-state index contributed by atoms with van der Waals surface area (Å²) in [6.07, 6.45) is 5.34. The van der Waals surface area contributed by atoms with Crippen molar-refractivity contribution in [3.05, 3.63) is 36.0 Å². The number of amides is 1. The molecule has 1 unspecified atom stereocenters. The summed E-state index contributed by atoms with van der Waals surface area (Å²) >= 11 is 0. The lowest BCUT2D eigenvalue weighted by Gasteiger charge is -2.32. The van der Waals surface area contributed by atoms with Gasteiger partial charge in [0, 0.05) is 37.6 Å². The molecule has 1 amide bonds. The van der Waals surface area contributed by atoms with E-state index in [1.54, 1.807) is 12.3 Å². The normalized spacial score (nSPS) is 18.2. The standard InChI is InChI=1S/C15H19N5O2/c1-11-4-6-16-15(18-11)20-7-2-3-12(10-20)9-17-14(21)13-5-8-22-19-13/h4-6,8,12H,2-3,7,9-10H2,1H3,(H,17,21). The summed E-state index contributed by atoms with van der Waals surface area (Å²) in [5, 5.41) is 6.54. The highest BCUT2D eigenvalue weighted by molar-refractivity contribution is 5.91. The van der Waals surface area contributed by atoms with Gasteiger partial charge in [-0.15, -0.1) is 0 Å². The first-order chi connectivity index (χ1) is 10.7. The van der Waals surface area contributed by atoms with Gasteiger partial charge in [0.15, 0.2) is 5.69 Å². The second-order valence-electron chi connectivity index (χ2n) is 5.55. The lowest BCUT2D eigenvalue weighted by Crippen LogP contribution is -2.41. The average Bonchev–Trinajstić information content (AvgIpc) is 3.07. The first-order valence-electron chi connectivity index (χ1n) is 7.45. The van der Waals surface area contributed by atoms with Gasteiger partial charge in [0.1, 0.15) is 6.26 Å². The molecule has 3 rings (SSSR count). The van der Waals surface area contributed by atoms with Gasteiger partial charge in [-0.1, -0.05) is 5.16 Å². The number of carbonyl (C=O) groups excluding carboxylic acids is 1. The quantitative estimate of drug-likeness (QED) is 0.919. The van der Waals surface area contributed by atoms with Crippen LogP contribution in [0.15, 0.2) is 29.1 Å². The van der Waals surface area contributed by atoms with Crippen LogP contribution in [-0.2, 0) is 0 Å². The summed E-state index contributed by atoms with van der Waals surface area (Å²) in [6, 6.07) is 3.45. The van der Waals surface area contributed by atoms with E-state index in [4.69, 9.17) is 0 Å². The van der Waals surface area contributed by atoms with Crippen molar-refractivity contribution < 1.29 is 9.32 Å². The molecular formula is C15H19N5O2. The van der Waals surface area contributed by atoms with Crippen LogP contribution < -0.4 is 10.2 Å². The van der Waals surface area contributed by atoms with Crippen molar-refractivity contribution in [2.24, 2.45) is 5.92 Å². The Morgan fingerprint density at radius 1 is 1.50 bits per heavy atom. The maximum absolute atomic E-state index is 11.9. The summed E-state index contributed by atoms with van der Waals surface area (Å²) < 4.78 is 4.68. The van der Waals surface area contributed by atoms with Crippen LogP contribution in [-0.4, -0.2) is 40.7 Å². The number of nitrogens with zero attached hydrogens (tertiary/aromatic N) is 4. The third kappa shape index (κ3) is 3.41. The Labute approximate surface area is 128 Å². The molecule has 1 aliphatic rings. The van der Waals surface area contributed by atoms with Gasteiger partial charge in [0.25, 0.3) is 5.91 Å². The summed E-state index contributed by atoms with van der Waals surface area (Å²) in [4.78, 5) is 22.9. The highest BCUT2D eigenvalue weighted by atomic mass is 16.5. The van der Waals surface area contributed by atoms with Gasteiger partial charge in [-0.25, -0.2) is 9.97 Å². The Kier molecular flexibility index (Phi) is 4.32. The van der Waals surface area contributed by atoms with E-state index in [0.717, 1.165) is 37.6 Å². The Hall–Kier alpha value is -2.44. The molecule has 2 aromatic heterocycles. The maximum Gasteiger partial charge on any atom is 0.273 e. The molecule has 0 bridgehead atoms. The Morgan fingerprint density at radius 3 is 3.18 bits per heavy atom. The second-order valence-corrected chi connectivity index (χ2v) is 5.55. The SMILES string of the molecule is Cc1ccnc(N2CCCC(CNC(=O)c3ccon3)C2)n1. The maximum atomic E-state index is 11.9. The fourth-order valence-electron chi connectivity index (χ4n) is 2.66.